The van der Waals surface area contributed by atoms with E-state index in [-0.39, 0.29) is 0 Å². The molecule has 0 aliphatic heterocycles. The van der Waals surface area contributed by atoms with E-state index in [4.69, 9.17) is 19.4 Å². The summed E-state index contributed by atoms with van der Waals surface area (Å²) < 4.78 is 10.9. The van der Waals surface area contributed by atoms with Gasteiger partial charge in [-0.1, -0.05) is 18.2 Å². The number of fused-ring (bicyclic) bond motifs is 2. The SMILES string of the molecule is CNCCNc1nc(-c2cccc3cccnc23)nc2cc(OC)c(OC)cc12. The van der Waals surface area contributed by atoms with Gasteiger partial charge in [0, 0.05) is 41.7 Å². The zero-order valence-electron chi connectivity index (χ0n) is 16.7. The number of ether oxygens (including phenoxy) is 2. The average Bonchev–Trinajstić information content (AvgIpc) is 2.77. The molecule has 0 aliphatic carbocycles. The van der Waals surface area contributed by atoms with Gasteiger partial charge >= 0.3 is 0 Å². The van der Waals surface area contributed by atoms with Crippen LogP contribution in [0.15, 0.2) is 48.7 Å². The number of nitrogens with zero attached hydrogens (tertiary/aromatic N) is 3. The van der Waals surface area contributed by atoms with E-state index < -0.39 is 0 Å². The lowest BCUT2D eigenvalue weighted by Crippen LogP contribution is -2.18. The van der Waals surface area contributed by atoms with Gasteiger partial charge in [0.2, 0.25) is 0 Å². The van der Waals surface area contributed by atoms with Crippen molar-refractivity contribution in [2.24, 2.45) is 0 Å². The number of nitrogens with one attached hydrogen (secondary N) is 2. The molecule has 7 heteroatoms. The molecule has 0 bridgehead atoms. The number of pyridine rings is 1. The Morgan fingerprint density at radius 1 is 0.931 bits per heavy atom. The topological polar surface area (TPSA) is 81.2 Å². The highest BCUT2D eigenvalue weighted by molar-refractivity contribution is 5.96. The van der Waals surface area contributed by atoms with Crippen LogP contribution in [-0.2, 0) is 0 Å². The smallest absolute Gasteiger partial charge is 0.164 e. The Kier molecular flexibility index (Phi) is 5.39. The van der Waals surface area contributed by atoms with Crippen molar-refractivity contribution in [3.8, 4) is 22.9 Å². The van der Waals surface area contributed by atoms with Crippen LogP contribution < -0.4 is 20.1 Å². The molecule has 0 saturated carbocycles. The van der Waals surface area contributed by atoms with Gasteiger partial charge in [0.05, 0.1) is 25.3 Å². The van der Waals surface area contributed by atoms with E-state index in [0.29, 0.717) is 17.3 Å². The number of likely N-dealkylation sites (N-methyl/N-ethyl adjacent to an activating group) is 1. The average molecular weight is 389 g/mol. The highest BCUT2D eigenvalue weighted by Crippen LogP contribution is 2.36. The Bertz CT molecular complexity index is 1160. The fourth-order valence-electron chi connectivity index (χ4n) is 3.30. The quantitative estimate of drug-likeness (QED) is 0.468. The summed E-state index contributed by atoms with van der Waals surface area (Å²) in [5.74, 6) is 2.62. The van der Waals surface area contributed by atoms with Crippen molar-refractivity contribution < 1.29 is 9.47 Å². The summed E-state index contributed by atoms with van der Waals surface area (Å²) in [6, 6.07) is 13.8. The first-order chi connectivity index (χ1) is 14.2. The minimum atomic E-state index is 0.612. The molecule has 2 aromatic heterocycles. The van der Waals surface area contributed by atoms with Crippen molar-refractivity contribution in [1.29, 1.82) is 0 Å². The molecule has 0 aliphatic rings. The van der Waals surface area contributed by atoms with E-state index in [0.717, 1.165) is 46.3 Å². The molecule has 0 radical (unpaired) electrons. The van der Waals surface area contributed by atoms with Gasteiger partial charge in [-0.2, -0.15) is 0 Å². The third-order valence-corrected chi connectivity index (χ3v) is 4.74. The molecular formula is C22H23N5O2. The molecule has 7 nitrogen and oxygen atoms in total. The fourth-order valence-corrected chi connectivity index (χ4v) is 3.30. The Morgan fingerprint density at radius 2 is 1.72 bits per heavy atom. The Labute approximate surface area is 169 Å². The van der Waals surface area contributed by atoms with Crippen LogP contribution in [0.1, 0.15) is 0 Å². The summed E-state index contributed by atoms with van der Waals surface area (Å²) in [5, 5.41) is 8.46. The van der Waals surface area contributed by atoms with E-state index >= 15 is 0 Å². The molecule has 4 rings (SSSR count). The van der Waals surface area contributed by atoms with Crippen molar-refractivity contribution >= 4 is 27.6 Å². The second-order valence-electron chi connectivity index (χ2n) is 6.53. The number of para-hydroxylation sites is 1. The standard InChI is InChI=1S/C22H23N5O2/c1-23-10-11-25-21-16-12-18(28-2)19(29-3)13-17(16)26-22(27-21)15-8-4-6-14-7-5-9-24-20(14)15/h4-9,12-13,23H,10-11H2,1-3H3,(H,25,26,27). The molecule has 0 fully saturated rings. The normalized spacial score (nSPS) is 11.0. The molecule has 0 atom stereocenters. The van der Waals surface area contributed by atoms with Gasteiger partial charge in [-0.05, 0) is 25.2 Å². The maximum absolute atomic E-state index is 5.47. The van der Waals surface area contributed by atoms with Crippen molar-refractivity contribution in [1.82, 2.24) is 20.3 Å². The third kappa shape index (κ3) is 3.64. The maximum atomic E-state index is 5.47. The van der Waals surface area contributed by atoms with Crippen LogP contribution in [0.4, 0.5) is 5.82 Å². The van der Waals surface area contributed by atoms with E-state index in [9.17, 15) is 0 Å². The zero-order chi connectivity index (χ0) is 20.2. The molecule has 0 spiro atoms. The van der Waals surface area contributed by atoms with Crippen molar-refractivity contribution in [3.63, 3.8) is 0 Å². The lowest BCUT2D eigenvalue weighted by Gasteiger charge is -2.14. The Balaban J connectivity index is 1.94. The molecule has 0 unspecified atom stereocenters. The monoisotopic (exact) mass is 389 g/mol. The number of hydrogen-bond donors (Lipinski definition) is 2. The summed E-state index contributed by atoms with van der Waals surface area (Å²) in [6.07, 6.45) is 1.78. The first kappa shape index (κ1) is 18.9. The van der Waals surface area contributed by atoms with Crippen molar-refractivity contribution in [2.45, 2.75) is 0 Å². The maximum Gasteiger partial charge on any atom is 0.164 e. The molecule has 29 heavy (non-hydrogen) atoms. The van der Waals surface area contributed by atoms with Crippen LogP contribution in [0.25, 0.3) is 33.2 Å². The van der Waals surface area contributed by atoms with E-state index in [1.807, 2.05) is 49.5 Å². The highest BCUT2D eigenvalue weighted by atomic mass is 16.5. The van der Waals surface area contributed by atoms with Crippen LogP contribution in [0.3, 0.4) is 0 Å². The van der Waals surface area contributed by atoms with E-state index in [2.05, 4.69) is 15.6 Å². The predicted molar refractivity (Wildman–Crippen MR) is 116 cm³/mol. The molecule has 0 amide bonds. The second-order valence-corrected chi connectivity index (χ2v) is 6.53. The van der Waals surface area contributed by atoms with Crippen molar-refractivity contribution in [2.75, 3.05) is 39.7 Å². The number of benzene rings is 2. The van der Waals surface area contributed by atoms with E-state index in [1.54, 1.807) is 20.4 Å². The van der Waals surface area contributed by atoms with E-state index in [1.165, 1.54) is 0 Å². The number of anilines is 1. The van der Waals surface area contributed by atoms with Crippen LogP contribution >= 0.6 is 0 Å². The first-order valence-electron chi connectivity index (χ1n) is 9.41. The lowest BCUT2D eigenvalue weighted by atomic mass is 10.1. The van der Waals surface area contributed by atoms with Crippen LogP contribution in [-0.4, -0.2) is 49.3 Å². The zero-order valence-corrected chi connectivity index (χ0v) is 16.7. The highest BCUT2D eigenvalue weighted by Gasteiger charge is 2.15. The van der Waals surface area contributed by atoms with Crippen molar-refractivity contribution in [3.05, 3.63) is 48.7 Å². The van der Waals surface area contributed by atoms with Gasteiger partial charge in [0.25, 0.3) is 0 Å². The van der Waals surface area contributed by atoms with Crippen LogP contribution in [0.5, 0.6) is 11.5 Å². The fraction of sp³-hybridized carbons (Fsp3) is 0.227. The minimum Gasteiger partial charge on any atom is -0.493 e. The second kappa shape index (κ2) is 8.28. The molecule has 2 N–H and O–H groups in total. The van der Waals surface area contributed by atoms with Gasteiger partial charge in [0.1, 0.15) is 5.82 Å². The van der Waals surface area contributed by atoms with Gasteiger partial charge in [-0.15, -0.1) is 0 Å². The molecule has 2 aromatic carbocycles. The molecule has 4 aromatic rings. The molecular weight excluding hydrogens is 366 g/mol. The first-order valence-corrected chi connectivity index (χ1v) is 9.41. The minimum absolute atomic E-state index is 0.612. The van der Waals surface area contributed by atoms with Gasteiger partial charge < -0.3 is 20.1 Å². The largest absolute Gasteiger partial charge is 0.493 e. The molecule has 148 valence electrons. The number of aromatic nitrogens is 3. The van der Waals surface area contributed by atoms with Gasteiger partial charge in [-0.3, -0.25) is 4.98 Å². The van der Waals surface area contributed by atoms with Crippen LogP contribution in [0.2, 0.25) is 0 Å². The van der Waals surface area contributed by atoms with Gasteiger partial charge in [-0.25, -0.2) is 9.97 Å². The summed E-state index contributed by atoms with van der Waals surface area (Å²) >= 11 is 0. The summed E-state index contributed by atoms with van der Waals surface area (Å²) in [6.45, 7) is 1.54. The Morgan fingerprint density at radius 3 is 2.52 bits per heavy atom. The summed E-state index contributed by atoms with van der Waals surface area (Å²) in [4.78, 5) is 14.2. The molecule has 2 heterocycles. The predicted octanol–water partition coefficient (Wildman–Crippen LogP) is 3.49. The number of rotatable bonds is 7. The third-order valence-electron chi connectivity index (χ3n) is 4.74. The number of methoxy groups -OCH3 is 2. The summed E-state index contributed by atoms with van der Waals surface area (Å²) in [5.41, 5.74) is 2.53. The van der Waals surface area contributed by atoms with Gasteiger partial charge in [0.15, 0.2) is 17.3 Å². The Hall–Kier alpha value is -3.45. The number of hydrogen-bond acceptors (Lipinski definition) is 7. The summed E-state index contributed by atoms with van der Waals surface area (Å²) in [7, 11) is 5.15. The lowest BCUT2D eigenvalue weighted by molar-refractivity contribution is 0.356. The van der Waals surface area contributed by atoms with Crippen LogP contribution in [0, 0.1) is 0 Å². The molecule has 0 saturated heterocycles.